The quantitative estimate of drug-likeness (QED) is 0.467. The van der Waals surface area contributed by atoms with Crippen molar-refractivity contribution in [1.82, 2.24) is 4.98 Å². The summed E-state index contributed by atoms with van der Waals surface area (Å²) in [6.45, 7) is 1.01. The number of hydrogen-bond acceptors (Lipinski definition) is 1. The van der Waals surface area contributed by atoms with Crippen LogP contribution in [0, 0.1) is 0 Å². The second-order valence-electron chi connectivity index (χ2n) is 6.81. The molecule has 2 heterocycles. The maximum atomic E-state index is 6.19. The summed E-state index contributed by atoms with van der Waals surface area (Å²) in [6, 6.07) is 25.8. The summed E-state index contributed by atoms with van der Waals surface area (Å²) in [6.07, 6.45) is 3.21. The lowest BCUT2D eigenvalue weighted by molar-refractivity contribution is 0.656. The first-order chi connectivity index (χ1) is 12.8. The van der Waals surface area contributed by atoms with Gasteiger partial charge in [0.05, 0.1) is 6.04 Å². The standard InChI is InChI=1S/C23H19ClN2/c24-17-10-11-20-21(15-25-22(20)14-17)23-19-9-5-4-6-16(19)12-13-26(23)18-7-2-1-3-8-18/h1-11,14-15,23,25H,12-13H2. The van der Waals surface area contributed by atoms with E-state index in [0.29, 0.717) is 0 Å². The lowest BCUT2D eigenvalue weighted by Crippen LogP contribution is -2.36. The van der Waals surface area contributed by atoms with Gasteiger partial charge in [0.15, 0.2) is 0 Å². The van der Waals surface area contributed by atoms with Crippen LogP contribution < -0.4 is 4.90 Å². The average molecular weight is 359 g/mol. The van der Waals surface area contributed by atoms with E-state index in [-0.39, 0.29) is 6.04 Å². The van der Waals surface area contributed by atoms with Crippen LogP contribution in [0.5, 0.6) is 0 Å². The van der Waals surface area contributed by atoms with Gasteiger partial charge in [0.25, 0.3) is 0 Å². The Morgan fingerprint density at radius 2 is 1.69 bits per heavy atom. The number of aromatic amines is 1. The van der Waals surface area contributed by atoms with Gasteiger partial charge in [-0.2, -0.15) is 0 Å². The molecule has 0 saturated heterocycles. The molecule has 0 radical (unpaired) electrons. The molecule has 1 aliphatic heterocycles. The average Bonchev–Trinajstić information content (AvgIpc) is 3.10. The Morgan fingerprint density at radius 3 is 2.58 bits per heavy atom. The molecule has 26 heavy (non-hydrogen) atoms. The van der Waals surface area contributed by atoms with Gasteiger partial charge in [-0.25, -0.2) is 0 Å². The Kier molecular flexibility index (Phi) is 3.72. The second-order valence-corrected chi connectivity index (χ2v) is 7.25. The van der Waals surface area contributed by atoms with E-state index in [4.69, 9.17) is 11.6 Å². The van der Waals surface area contributed by atoms with Crippen LogP contribution in [0.25, 0.3) is 10.9 Å². The molecule has 1 aliphatic rings. The fourth-order valence-electron chi connectivity index (χ4n) is 4.15. The Balaban J connectivity index is 1.73. The summed E-state index contributed by atoms with van der Waals surface area (Å²) in [5.41, 5.74) is 6.47. The van der Waals surface area contributed by atoms with Crippen LogP contribution in [-0.2, 0) is 6.42 Å². The zero-order valence-corrected chi connectivity index (χ0v) is 15.1. The van der Waals surface area contributed by atoms with Gasteiger partial charge in [0.2, 0.25) is 0 Å². The van der Waals surface area contributed by atoms with Gasteiger partial charge in [-0.15, -0.1) is 0 Å². The Labute approximate surface area is 158 Å². The molecule has 4 aromatic rings. The molecule has 1 atom stereocenters. The van der Waals surface area contributed by atoms with Crippen molar-refractivity contribution in [3.63, 3.8) is 0 Å². The van der Waals surface area contributed by atoms with E-state index >= 15 is 0 Å². The maximum Gasteiger partial charge on any atom is 0.0819 e. The van der Waals surface area contributed by atoms with Crippen molar-refractivity contribution in [3.8, 4) is 0 Å². The summed E-state index contributed by atoms with van der Waals surface area (Å²) in [4.78, 5) is 5.93. The summed E-state index contributed by atoms with van der Waals surface area (Å²) in [5, 5.41) is 1.99. The number of H-pyrrole nitrogens is 1. The van der Waals surface area contributed by atoms with Crippen LogP contribution in [0.3, 0.4) is 0 Å². The number of aromatic nitrogens is 1. The van der Waals surface area contributed by atoms with Crippen molar-refractivity contribution < 1.29 is 0 Å². The number of halogens is 1. The Hall–Kier alpha value is -2.71. The van der Waals surface area contributed by atoms with Crippen LogP contribution in [0.1, 0.15) is 22.7 Å². The van der Waals surface area contributed by atoms with Gasteiger partial charge in [-0.1, -0.05) is 60.1 Å². The minimum absolute atomic E-state index is 0.192. The van der Waals surface area contributed by atoms with E-state index in [1.807, 2.05) is 12.1 Å². The number of nitrogens with zero attached hydrogens (tertiary/aromatic N) is 1. The third kappa shape index (κ3) is 2.49. The van der Waals surface area contributed by atoms with Crippen LogP contribution >= 0.6 is 11.6 Å². The molecular formula is C23H19ClN2. The number of para-hydroxylation sites is 1. The van der Waals surface area contributed by atoms with Gasteiger partial charge in [-0.05, 0) is 41.8 Å². The van der Waals surface area contributed by atoms with E-state index in [2.05, 4.69) is 76.7 Å². The Morgan fingerprint density at radius 1 is 0.885 bits per heavy atom. The van der Waals surface area contributed by atoms with E-state index in [1.54, 1.807) is 0 Å². The molecule has 0 spiro atoms. The normalized spacial score (nSPS) is 16.7. The maximum absolute atomic E-state index is 6.19. The molecule has 1 aromatic heterocycles. The third-order valence-electron chi connectivity index (χ3n) is 5.34. The molecule has 3 aromatic carbocycles. The zero-order chi connectivity index (χ0) is 17.5. The van der Waals surface area contributed by atoms with E-state index in [1.165, 1.54) is 27.8 Å². The first-order valence-corrected chi connectivity index (χ1v) is 9.35. The van der Waals surface area contributed by atoms with Gasteiger partial charge in [0, 0.05) is 39.9 Å². The van der Waals surface area contributed by atoms with Gasteiger partial charge < -0.3 is 9.88 Å². The second kappa shape index (κ2) is 6.22. The number of benzene rings is 3. The molecule has 5 rings (SSSR count). The van der Waals surface area contributed by atoms with Crippen LogP contribution in [0.4, 0.5) is 5.69 Å². The van der Waals surface area contributed by atoms with Gasteiger partial charge >= 0.3 is 0 Å². The van der Waals surface area contributed by atoms with Crippen molar-refractivity contribution >= 4 is 28.2 Å². The van der Waals surface area contributed by atoms with Crippen molar-refractivity contribution in [2.75, 3.05) is 11.4 Å². The minimum Gasteiger partial charge on any atom is -0.361 e. The largest absolute Gasteiger partial charge is 0.361 e. The fraction of sp³-hybridized carbons (Fsp3) is 0.130. The van der Waals surface area contributed by atoms with Crippen LogP contribution in [0.15, 0.2) is 79.0 Å². The number of hydrogen-bond donors (Lipinski definition) is 1. The monoisotopic (exact) mass is 358 g/mol. The molecular weight excluding hydrogens is 340 g/mol. The minimum atomic E-state index is 0.192. The number of fused-ring (bicyclic) bond motifs is 2. The van der Waals surface area contributed by atoms with Crippen molar-refractivity contribution in [3.05, 3.63) is 101 Å². The highest BCUT2D eigenvalue weighted by atomic mass is 35.5. The molecule has 0 saturated carbocycles. The van der Waals surface area contributed by atoms with Gasteiger partial charge in [0.1, 0.15) is 0 Å². The molecule has 0 aliphatic carbocycles. The predicted molar refractivity (Wildman–Crippen MR) is 109 cm³/mol. The first-order valence-electron chi connectivity index (χ1n) is 8.97. The summed E-state index contributed by atoms with van der Waals surface area (Å²) in [5.74, 6) is 0. The highest BCUT2D eigenvalue weighted by Gasteiger charge is 2.30. The zero-order valence-electron chi connectivity index (χ0n) is 14.3. The molecule has 1 unspecified atom stereocenters. The SMILES string of the molecule is Clc1ccc2c(C3c4ccccc4CCN3c3ccccc3)c[nH]c2c1. The summed E-state index contributed by atoms with van der Waals surface area (Å²) < 4.78 is 0. The molecule has 1 N–H and O–H groups in total. The number of rotatable bonds is 2. The molecule has 0 amide bonds. The number of anilines is 1. The highest BCUT2D eigenvalue weighted by molar-refractivity contribution is 6.31. The van der Waals surface area contributed by atoms with Crippen LogP contribution in [0.2, 0.25) is 5.02 Å². The fourth-order valence-corrected chi connectivity index (χ4v) is 4.32. The Bertz CT molecular complexity index is 1070. The lowest BCUT2D eigenvalue weighted by atomic mass is 9.87. The summed E-state index contributed by atoms with van der Waals surface area (Å²) in [7, 11) is 0. The van der Waals surface area contributed by atoms with Crippen molar-refractivity contribution in [2.24, 2.45) is 0 Å². The van der Waals surface area contributed by atoms with Gasteiger partial charge in [-0.3, -0.25) is 0 Å². The van der Waals surface area contributed by atoms with Crippen molar-refractivity contribution in [1.29, 1.82) is 0 Å². The van der Waals surface area contributed by atoms with E-state index in [0.717, 1.165) is 23.5 Å². The molecule has 2 nitrogen and oxygen atoms in total. The first kappa shape index (κ1) is 15.5. The van der Waals surface area contributed by atoms with Crippen LogP contribution in [-0.4, -0.2) is 11.5 Å². The third-order valence-corrected chi connectivity index (χ3v) is 5.58. The van der Waals surface area contributed by atoms with E-state index in [9.17, 15) is 0 Å². The van der Waals surface area contributed by atoms with E-state index < -0.39 is 0 Å². The molecule has 0 bridgehead atoms. The smallest absolute Gasteiger partial charge is 0.0819 e. The summed E-state index contributed by atoms with van der Waals surface area (Å²) >= 11 is 6.19. The topological polar surface area (TPSA) is 19.0 Å². The molecule has 128 valence electrons. The predicted octanol–water partition coefficient (Wildman–Crippen LogP) is 5.97. The lowest BCUT2D eigenvalue weighted by Gasteiger charge is -2.39. The highest BCUT2D eigenvalue weighted by Crippen LogP contribution is 2.41. The van der Waals surface area contributed by atoms with Crippen molar-refractivity contribution in [2.45, 2.75) is 12.5 Å². The molecule has 0 fully saturated rings. The molecule has 3 heteroatoms. The number of nitrogens with one attached hydrogen (secondary N) is 1.